The molecule has 0 fully saturated rings. The van der Waals surface area contributed by atoms with E-state index in [1.165, 1.54) is 12.1 Å². The van der Waals surface area contributed by atoms with Gasteiger partial charge in [0.1, 0.15) is 5.82 Å². The number of para-hydroxylation sites is 1. The van der Waals surface area contributed by atoms with Crippen LogP contribution >= 0.6 is 0 Å². The SMILES string of the molecule is Cc1cc(C(=O)N/N=C\c2c(-c3ccccc3)n(C)c3ccccc23)c(C)n1-c1ccc(F)cc1. The molecule has 0 saturated carbocycles. The number of benzene rings is 3. The molecule has 5 aromatic rings. The van der Waals surface area contributed by atoms with Crippen molar-refractivity contribution in [3.8, 4) is 16.9 Å². The zero-order chi connectivity index (χ0) is 24.5. The molecule has 2 aromatic heterocycles. The van der Waals surface area contributed by atoms with Gasteiger partial charge in [-0.05, 0) is 55.8 Å². The van der Waals surface area contributed by atoms with Crippen molar-refractivity contribution in [2.75, 3.05) is 0 Å². The molecule has 0 aliphatic heterocycles. The minimum atomic E-state index is -0.302. The molecular formula is C29H25FN4O. The highest BCUT2D eigenvalue weighted by molar-refractivity contribution is 6.07. The van der Waals surface area contributed by atoms with E-state index >= 15 is 0 Å². The van der Waals surface area contributed by atoms with Crippen molar-refractivity contribution in [3.63, 3.8) is 0 Å². The van der Waals surface area contributed by atoms with Crippen LogP contribution in [0, 0.1) is 19.7 Å². The number of carbonyl (C=O) groups excluding carboxylic acids is 1. The molecule has 1 N–H and O–H groups in total. The van der Waals surface area contributed by atoms with Gasteiger partial charge in [-0.2, -0.15) is 5.10 Å². The van der Waals surface area contributed by atoms with Crippen LogP contribution in [0.2, 0.25) is 0 Å². The first-order chi connectivity index (χ1) is 17.0. The lowest BCUT2D eigenvalue weighted by Crippen LogP contribution is -2.18. The second kappa shape index (κ2) is 9.06. The van der Waals surface area contributed by atoms with Gasteiger partial charge in [-0.25, -0.2) is 9.82 Å². The summed E-state index contributed by atoms with van der Waals surface area (Å²) >= 11 is 0. The lowest BCUT2D eigenvalue weighted by molar-refractivity contribution is 0.0954. The first-order valence-electron chi connectivity index (χ1n) is 11.4. The van der Waals surface area contributed by atoms with Gasteiger partial charge in [-0.15, -0.1) is 0 Å². The Kier molecular flexibility index (Phi) is 5.79. The second-order valence-electron chi connectivity index (χ2n) is 8.50. The maximum Gasteiger partial charge on any atom is 0.273 e. The maximum absolute atomic E-state index is 13.4. The molecule has 0 aliphatic carbocycles. The first kappa shape index (κ1) is 22.3. The molecule has 174 valence electrons. The summed E-state index contributed by atoms with van der Waals surface area (Å²) in [5, 5.41) is 5.39. The van der Waals surface area contributed by atoms with Gasteiger partial charge in [0.2, 0.25) is 0 Å². The van der Waals surface area contributed by atoms with E-state index in [1.54, 1.807) is 18.3 Å². The lowest BCUT2D eigenvalue weighted by atomic mass is 10.1. The van der Waals surface area contributed by atoms with E-state index in [0.717, 1.165) is 44.8 Å². The molecule has 0 unspecified atom stereocenters. The smallest absolute Gasteiger partial charge is 0.273 e. The molecule has 5 nitrogen and oxygen atoms in total. The Morgan fingerprint density at radius 1 is 0.943 bits per heavy atom. The van der Waals surface area contributed by atoms with Crippen LogP contribution < -0.4 is 5.43 Å². The standard InChI is InChI=1S/C29H25FN4O/c1-19-17-25(20(2)34(19)23-15-13-22(30)14-16-23)29(35)32-31-18-26-24-11-7-8-12-27(24)33(3)28(26)21-9-5-4-6-10-21/h4-18H,1-3H3,(H,32,35)/b31-18-. The predicted molar refractivity (Wildman–Crippen MR) is 139 cm³/mol. The summed E-state index contributed by atoms with van der Waals surface area (Å²) in [6, 6.07) is 26.3. The molecule has 0 radical (unpaired) electrons. The van der Waals surface area contributed by atoms with Crippen LogP contribution in [0.25, 0.3) is 27.8 Å². The average molecular weight is 465 g/mol. The number of amides is 1. The van der Waals surface area contributed by atoms with Crippen molar-refractivity contribution in [2.45, 2.75) is 13.8 Å². The van der Waals surface area contributed by atoms with Gasteiger partial charge in [0.25, 0.3) is 5.91 Å². The third-order valence-corrected chi connectivity index (χ3v) is 6.31. The highest BCUT2D eigenvalue weighted by Gasteiger charge is 2.18. The quantitative estimate of drug-likeness (QED) is 0.246. The second-order valence-corrected chi connectivity index (χ2v) is 8.50. The Bertz CT molecular complexity index is 1560. The number of carbonyl (C=O) groups is 1. The number of hydrazone groups is 1. The summed E-state index contributed by atoms with van der Waals surface area (Å²) in [5.41, 5.74) is 9.77. The zero-order valence-electron chi connectivity index (χ0n) is 19.8. The van der Waals surface area contributed by atoms with E-state index in [1.807, 2.05) is 61.9 Å². The van der Waals surface area contributed by atoms with Gasteiger partial charge in [0, 0.05) is 40.6 Å². The highest BCUT2D eigenvalue weighted by Crippen LogP contribution is 2.31. The van der Waals surface area contributed by atoms with Crippen LogP contribution in [0.5, 0.6) is 0 Å². The third-order valence-electron chi connectivity index (χ3n) is 6.31. The van der Waals surface area contributed by atoms with E-state index in [0.29, 0.717) is 5.56 Å². The van der Waals surface area contributed by atoms with Crippen molar-refractivity contribution in [2.24, 2.45) is 12.1 Å². The summed E-state index contributed by atoms with van der Waals surface area (Å²) in [4.78, 5) is 13.0. The van der Waals surface area contributed by atoms with Crippen LogP contribution in [0.1, 0.15) is 27.3 Å². The Morgan fingerprint density at radius 2 is 1.63 bits per heavy atom. The van der Waals surface area contributed by atoms with E-state index < -0.39 is 0 Å². The molecule has 35 heavy (non-hydrogen) atoms. The number of hydrogen-bond acceptors (Lipinski definition) is 2. The van der Waals surface area contributed by atoms with Crippen molar-refractivity contribution in [1.82, 2.24) is 14.6 Å². The maximum atomic E-state index is 13.4. The summed E-state index contributed by atoms with van der Waals surface area (Å²) < 4.78 is 17.4. The molecular weight excluding hydrogens is 439 g/mol. The summed E-state index contributed by atoms with van der Waals surface area (Å²) in [5.74, 6) is -0.601. The summed E-state index contributed by atoms with van der Waals surface area (Å²) in [6.45, 7) is 3.78. The van der Waals surface area contributed by atoms with E-state index in [9.17, 15) is 9.18 Å². The molecule has 3 aromatic carbocycles. The number of hydrogen-bond donors (Lipinski definition) is 1. The molecule has 0 atom stereocenters. The minimum Gasteiger partial charge on any atom is -0.343 e. The van der Waals surface area contributed by atoms with Gasteiger partial charge >= 0.3 is 0 Å². The molecule has 2 heterocycles. The fourth-order valence-corrected chi connectivity index (χ4v) is 4.69. The van der Waals surface area contributed by atoms with E-state index in [-0.39, 0.29) is 11.7 Å². The number of rotatable bonds is 5. The van der Waals surface area contributed by atoms with Crippen LogP contribution in [0.15, 0.2) is 90.0 Å². The predicted octanol–water partition coefficient (Wildman–Crippen LogP) is 6.16. The first-order valence-corrected chi connectivity index (χ1v) is 11.4. The zero-order valence-corrected chi connectivity index (χ0v) is 19.8. The molecule has 0 saturated heterocycles. The fraction of sp³-hybridized carbons (Fsp3) is 0.103. The molecule has 0 aliphatic rings. The third kappa shape index (κ3) is 4.04. The largest absolute Gasteiger partial charge is 0.343 e. The van der Waals surface area contributed by atoms with Gasteiger partial charge in [0.05, 0.1) is 17.5 Å². The number of nitrogens with one attached hydrogen (secondary N) is 1. The van der Waals surface area contributed by atoms with Crippen molar-refractivity contribution < 1.29 is 9.18 Å². The molecule has 5 rings (SSSR count). The summed E-state index contributed by atoms with van der Waals surface area (Å²) in [7, 11) is 2.03. The average Bonchev–Trinajstić information content (AvgIpc) is 3.33. The Hall–Kier alpha value is -4.45. The highest BCUT2D eigenvalue weighted by atomic mass is 19.1. The van der Waals surface area contributed by atoms with Crippen molar-refractivity contribution >= 4 is 23.0 Å². The van der Waals surface area contributed by atoms with Crippen molar-refractivity contribution in [3.05, 3.63) is 113 Å². The number of aromatic nitrogens is 2. The Balaban J connectivity index is 1.47. The summed E-state index contributed by atoms with van der Waals surface area (Å²) in [6.07, 6.45) is 1.71. The Labute approximate surface area is 203 Å². The van der Waals surface area contributed by atoms with Crippen LogP contribution in [-0.4, -0.2) is 21.3 Å². The normalized spacial score (nSPS) is 11.4. The monoisotopic (exact) mass is 464 g/mol. The lowest BCUT2D eigenvalue weighted by Gasteiger charge is -2.09. The van der Waals surface area contributed by atoms with Gasteiger partial charge in [-0.1, -0.05) is 48.5 Å². The molecule has 1 amide bonds. The number of halogens is 1. The topological polar surface area (TPSA) is 51.3 Å². The molecule has 0 spiro atoms. The van der Waals surface area contributed by atoms with Crippen molar-refractivity contribution in [1.29, 1.82) is 0 Å². The number of nitrogens with zero attached hydrogens (tertiary/aromatic N) is 3. The van der Waals surface area contributed by atoms with Gasteiger partial charge < -0.3 is 9.13 Å². The molecule has 6 heteroatoms. The molecule has 0 bridgehead atoms. The van der Waals surface area contributed by atoms with Crippen LogP contribution in [0.4, 0.5) is 4.39 Å². The van der Waals surface area contributed by atoms with Crippen LogP contribution in [-0.2, 0) is 7.05 Å². The van der Waals surface area contributed by atoms with E-state index in [4.69, 9.17) is 0 Å². The number of fused-ring (bicyclic) bond motifs is 1. The van der Waals surface area contributed by atoms with Gasteiger partial charge in [-0.3, -0.25) is 4.79 Å². The minimum absolute atomic E-state index is 0.299. The van der Waals surface area contributed by atoms with Crippen LogP contribution in [0.3, 0.4) is 0 Å². The Morgan fingerprint density at radius 3 is 2.37 bits per heavy atom. The van der Waals surface area contributed by atoms with Gasteiger partial charge in [0.15, 0.2) is 0 Å². The van der Waals surface area contributed by atoms with E-state index in [2.05, 4.69) is 39.4 Å². The fourth-order valence-electron chi connectivity index (χ4n) is 4.69. The number of aryl methyl sites for hydroxylation is 2.